The standard InChI is InChI=1S/C13H10Br3NO2/c1-18-11-4-10(16)12(5-9(11)15)19-13-3-2-8(6-14)7-17-13/h2-5,7H,6H2,1H3. The number of nitrogens with zero attached hydrogens (tertiary/aromatic N) is 1. The molecule has 1 aromatic carbocycles. The maximum Gasteiger partial charge on any atom is 0.219 e. The van der Waals surface area contributed by atoms with Gasteiger partial charge in [-0.25, -0.2) is 4.98 Å². The van der Waals surface area contributed by atoms with Crippen molar-refractivity contribution in [3.63, 3.8) is 0 Å². The quantitative estimate of drug-likeness (QED) is 0.591. The number of halogens is 3. The van der Waals surface area contributed by atoms with Crippen molar-refractivity contribution in [2.45, 2.75) is 5.33 Å². The van der Waals surface area contributed by atoms with Gasteiger partial charge in [-0.15, -0.1) is 0 Å². The van der Waals surface area contributed by atoms with Crippen LogP contribution in [0.15, 0.2) is 39.4 Å². The summed E-state index contributed by atoms with van der Waals surface area (Å²) in [6, 6.07) is 7.47. The first-order valence-electron chi connectivity index (χ1n) is 5.36. The maximum absolute atomic E-state index is 5.73. The number of hydrogen-bond donors (Lipinski definition) is 0. The van der Waals surface area contributed by atoms with E-state index in [9.17, 15) is 0 Å². The molecule has 100 valence electrons. The summed E-state index contributed by atoms with van der Waals surface area (Å²) in [4.78, 5) is 4.24. The highest BCUT2D eigenvalue weighted by Crippen LogP contribution is 2.37. The number of benzene rings is 1. The lowest BCUT2D eigenvalue weighted by atomic mass is 10.3. The highest BCUT2D eigenvalue weighted by atomic mass is 79.9. The topological polar surface area (TPSA) is 31.4 Å². The average Bonchev–Trinajstić information content (AvgIpc) is 2.43. The summed E-state index contributed by atoms with van der Waals surface area (Å²) in [5.74, 6) is 1.95. The van der Waals surface area contributed by atoms with E-state index in [0.717, 1.165) is 25.6 Å². The first-order chi connectivity index (χ1) is 9.13. The monoisotopic (exact) mass is 449 g/mol. The van der Waals surface area contributed by atoms with Crippen molar-refractivity contribution in [2.24, 2.45) is 0 Å². The van der Waals surface area contributed by atoms with E-state index < -0.39 is 0 Å². The van der Waals surface area contributed by atoms with Gasteiger partial charge in [-0.1, -0.05) is 22.0 Å². The van der Waals surface area contributed by atoms with E-state index in [1.54, 1.807) is 13.3 Å². The molecule has 3 nitrogen and oxygen atoms in total. The molecule has 2 rings (SSSR count). The predicted molar refractivity (Wildman–Crippen MR) is 85.3 cm³/mol. The summed E-state index contributed by atoms with van der Waals surface area (Å²) < 4.78 is 12.6. The van der Waals surface area contributed by atoms with Crippen molar-refractivity contribution in [1.82, 2.24) is 4.98 Å². The van der Waals surface area contributed by atoms with Gasteiger partial charge in [-0.2, -0.15) is 0 Å². The lowest BCUT2D eigenvalue weighted by molar-refractivity contribution is 0.408. The molecular weight excluding hydrogens is 442 g/mol. The Balaban J connectivity index is 2.25. The Hall–Kier alpha value is -0.590. The molecular formula is C13H10Br3NO2. The summed E-state index contributed by atoms with van der Waals surface area (Å²) in [5.41, 5.74) is 1.10. The average molecular weight is 452 g/mol. The van der Waals surface area contributed by atoms with Crippen molar-refractivity contribution < 1.29 is 9.47 Å². The number of methoxy groups -OCH3 is 1. The van der Waals surface area contributed by atoms with Gasteiger partial charge in [0.05, 0.1) is 16.1 Å². The van der Waals surface area contributed by atoms with Crippen LogP contribution in [0.2, 0.25) is 0 Å². The number of pyridine rings is 1. The van der Waals surface area contributed by atoms with Crippen molar-refractivity contribution in [3.05, 3.63) is 45.0 Å². The van der Waals surface area contributed by atoms with Crippen LogP contribution >= 0.6 is 47.8 Å². The van der Waals surface area contributed by atoms with E-state index in [4.69, 9.17) is 9.47 Å². The highest BCUT2D eigenvalue weighted by molar-refractivity contribution is 9.11. The Kier molecular flexibility index (Phi) is 5.24. The highest BCUT2D eigenvalue weighted by Gasteiger charge is 2.09. The van der Waals surface area contributed by atoms with E-state index in [0.29, 0.717) is 11.6 Å². The minimum atomic E-state index is 0.544. The van der Waals surface area contributed by atoms with Gasteiger partial charge in [0.25, 0.3) is 0 Å². The zero-order valence-corrected chi connectivity index (χ0v) is 14.7. The van der Waals surface area contributed by atoms with Gasteiger partial charge in [0.15, 0.2) is 0 Å². The van der Waals surface area contributed by atoms with Crippen LogP contribution in [0.5, 0.6) is 17.4 Å². The molecule has 2 aromatic rings. The molecule has 0 spiro atoms. The van der Waals surface area contributed by atoms with Crippen molar-refractivity contribution >= 4 is 47.8 Å². The second-order valence-electron chi connectivity index (χ2n) is 3.66. The lowest BCUT2D eigenvalue weighted by Crippen LogP contribution is -1.91. The van der Waals surface area contributed by atoms with Gasteiger partial charge in [-0.3, -0.25) is 0 Å². The van der Waals surface area contributed by atoms with Crippen molar-refractivity contribution in [2.75, 3.05) is 7.11 Å². The van der Waals surface area contributed by atoms with Crippen LogP contribution in [0.4, 0.5) is 0 Å². The molecule has 0 fully saturated rings. The van der Waals surface area contributed by atoms with Gasteiger partial charge in [-0.05, 0) is 49.6 Å². The third-order valence-corrected chi connectivity index (χ3v) is 4.26. The summed E-state index contributed by atoms with van der Waals surface area (Å²) in [6.07, 6.45) is 1.77. The fourth-order valence-electron chi connectivity index (χ4n) is 1.41. The predicted octanol–water partition coefficient (Wildman–Crippen LogP) is 5.30. The molecule has 0 radical (unpaired) electrons. The Morgan fingerprint density at radius 1 is 1.11 bits per heavy atom. The van der Waals surface area contributed by atoms with Crippen LogP contribution in [0, 0.1) is 0 Å². The Morgan fingerprint density at radius 3 is 2.37 bits per heavy atom. The molecule has 0 aliphatic heterocycles. The van der Waals surface area contributed by atoms with Gasteiger partial charge < -0.3 is 9.47 Å². The van der Waals surface area contributed by atoms with Gasteiger partial charge in [0, 0.05) is 17.6 Å². The molecule has 0 N–H and O–H groups in total. The zero-order chi connectivity index (χ0) is 13.8. The first kappa shape index (κ1) is 14.8. The SMILES string of the molecule is COc1cc(Br)c(Oc2ccc(CBr)cn2)cc1Br. The summed E-state index contributed by atoms with van der Waals surface area (Å²) in [6.45, 7) is 0. The van der Waals surface area contributed by atoms with Crippen LogP contribution < -0.4 is 9.47 Å². The van der Waals surface area contributed by atoms with E-state index in [1.807, 2.05) is 24.3 Å². The number of alkyl halides is 1. The molecule has 6 heteroatoms. The van der Waals surface area contributed by atoms with E-state index in [-0.39, 0.29) is 0 Å². The molecule has 1 aromatic heterocycles. The van der Waals surface area contributed by atoms with E-state index >= 15 is 0 Å². The summed E-state index contributed by atoms with van der Waals surface area (Å²) in [5, 5.41) is 0.776. The maximum atomic E-state index is 5.73. The van der Waals surface area contributed by atoms with Crippen molar-refractivity contribution in [3.8, 4) is 17.4 Å². The molecule has 0 saturated heterocycles. The zero-order valence-electron chi connectivity index (χ0n) is 9.99. The number of rotatable bonds is 4. The summed E-state index contributed by atoms with van der Waals surface area (Å²) in [7, 11) is 1.62. The Bertz CT molecular complexity index is 573. The second-order valence-corrected chi connectivity index (χ2v) is 5.93. The van der Waals surface area contributed by atoms with Crippen LogP contribution in [0.25, 0.3) is 0 Å². The second kappa shape index (κ2) is 6.72. The smallest absolute Gasteiger partial charge is 0.219 e. The fraction of sp³-hybridized carbons (Fsp3) is 0.154. The van der Waals surface area contributed by atoms with Crippen LogP contribution in [0.1, 0.15) is 5.56 Å². The normalized spacial score (nSPS) is 10.3. The first-order valence-corrected chi connectivity index (χ1v) is 8.06. The lowest BCUT2D eigenvalue weighted by Gasteiger charge is -2.10. The molecule has 0 saturated carbocycles. The minimum Gasteiger partial charge on any atom is -0.496 e. The van der Waals surface area contributed by atoms with E-state index in [1.165, 1.54) is 0 Å². The Morgan fingerprint density at radius 2 is 1.79 bits per heavy atom. The van der Waals surface area contributed by atoms with Gasteiger partial charge >= 0.3 is 0 Å². The molecule has 0 aliphatic carbocycles. The van der Waals surface area contributed by atoms with Crippen LogP contribution in [-0.2, 0) is 5.33 Å². The third kappa shape index (κ3) is 3.70. The number of hydrogen-bond acceptors (Lipinski definition) is 3. The van der Waals surface area contributed by atoms with Crippen LogP contribution in [-0.4, -0.2) is 12.1 Å². The largest absolute Gasteiger partial charge is 0.496 e. The van der Waals surface area contributed by atoms with Gasteiger partial charge in [0.2, 0.25) is 5.88 Å². The molecule has 0 aliphatic rings. The minimum absolute atomic E-state index is 0.544. The number of aromatic nitrogens is 1. The number of ether oxygens (including phenoxy) is 2. The molecule has 1 heterocycles. The molecule has 0 amide bonds. The van der Waals surface area contributed by atoms with E-state index in [2.05, 4.69) is 52.8 Å². The third-order valence-electron chi connectivity index (χ3n) is 2.37. The molecule has 19 heavy (non-hydrogen) atoms. The van der Waals surface area contributed by atoms with Crippen LogP contribution in [0.3, 0.4) is 0 Å². The fourth-order valence-corrected chi connectivity index (χ4v) is 2.63. The Labute approximate surface area is 136 Å². The molecule has 0 atom stereocenters. The van der Waals surface area contributed by atoms with Gasteiger partial charge in [0.1, 0.15) is 11.5 Å². The summed E-state index contributed by atoms with van der Waals surface area (Å²) >= 11 is 10.2. The molecule has 0 unspecified atom stereocenters. The molecule has 0 bridgehead atoms. The van der Waals surface area contributed by atoms with Crippen molar-refractivity contribution in [1.29, 1.82) is 0 Å².